The van der Waals surface area contributed by atoms with Gasteiger partial charge in [-0.2, -0.15) is 0 Å². The zero-order valence-corrected chi connectivity index (χ0v) is 14.0. The lowest BCUT2D eigenvalue weighted by Gasteiger charge is -2.11. The Morgan fingerprint density at radius 2 is 2.10 bits per heavy atom. The maximum absolute atomic E-state index is 11.0. The van der Waals surface area contributed by atoms with Crippen LogP contribution in [0.1, 0.15) is 11.1 Å². The van der Waals surface area contributed by atoms with Crippen LogP contribution in [-0.2, 0) is 6.54 Å². The minimum absolute atomic E-state index is 0.0430. The number of nitrogens with zero attached hydrogens (tertiary/aromatic N) is 2. The molecule has 0 aliphatic carbocycles. The summed E-state index contributed by atoms with van der Waals surface area (Å²) in [6, 6.07) is 6.45. The van der Waals surface area contributed by atoms with Crippen molar-refractivity contribution in [2.45, 2.75) is 13.5 Å². The number of aromatic nitrogens is 1. The fraction of sp³-hybridized carbons (Fsp3) is 0.154. The Hall–Kier alpha value is -1.37. The summed E-state index contributed by atoms with van der Waals surface area (Å²) in [4.78, 5) is 14.6. The number of rotatable bonds is 4. The minimum atomic E-state index is -0.419. The molecule has 0 amide bonds. The zero-order valence-electron chi connectivity index (χ0n) is 10.9. The van der Waals surface area contributed by atoms with Gasteiger partial charge in [-0.25, -0.2) is 4.98 Å². The van der Waals surface area contributed by atoms with Gasteiger partial charge in [-0.05, 0) is 30.7 Å². The summed E-state index contributed by atoms with van der Waals surface area (Å²) in [5.74, 6) is 0. The van der Waals surface area contributed by atoms with Crippen LogP contribution in [0.3, 0.4) is 0 Å². The number of nitro groups is 1. The minimum Gasteiger partial charge on any atom is -0.378 e. The highest BCUT2D eigenvalue weighted by Gasteiger charge is 2.15. The van der Waals surface area contributed by atoms with Gasteiger partial charge in [0.15, 0.2) is 5.15 Å². The Kier molecular flexibility index (Phi) is 5.03. The first-order valence-electron chi connectivity index (χ1n) is 5.88. The van der Waals surface area contributed by atoms with Crippen molar-refractivity contribution in [1.82, 2.24) is 4.98 Å². The molecule has 5 nitrogen and oxygen atoms in total. The van der Waals surface area contributed by atoms with E-state index in [-0.39, 0.29) is 17.4 Å². The number of aryl methyl sites for hydroxylation is 1. The molecular formula is C13H10BrCl2N3O2. The number of benzene rings is 1. The SMILES string of the molecule is Cc1cc(Cl)nc(Cl)c1NCc1cc(Br)ccc1[N+](=O)[O-]. The Labute approximate surface area is 139 Å². The number of hydrogen-bond acceptors (Lipinski definition) is 4. The fourth-order valence-corrected chi connectivity index (χ4v) is 2.87. The number of anilines is 1. The molecule has 1 aromatic heterocycles. The van der Waals surface area contributed by atoms with E-state index in [1.165, 1.54) is 6.07 Å². The Morgan fingerprint density at radius 3 is 2.71 bits per heavy atom. The third kappa shape index (κ3) is 3.84. The van der Waals surface area contributed by atoms with Crippen molar-refractivity contribution in [3.8, 4) is 0 Å². The molecule has 0 aliphatic rings. The van der Waals surface area contributed by atoms with Gasteiger partial charge >= 0.3 is 0 Å². The average molecular weight is 391 g/mol. The van der Waals surface area contributed by atoms with E-state index >= 15 is 0 Å². The summed E-state index contributed by atoms with van der Waals surface area (Å²) in [7, 11) is 0. The summed E-state index contributed by atoms with van der Waals surface area (Å²) in [6.45, 7) is 2.08. The fourth-order valence-electron chi connectivity index (χ4n) is 1.87. The molecule has 1 heterocycles. The van der Waals surface area contributed by atoms with Crippen LogP contribution in [0.15, 0.2) is 28.7 Å². The molecule has 0 atom stereocenters. The second kappa shape index (κ2) is 6.60. The average Bonchev–Trinajstić information content (AvgIpc) is 2.37. The molecule has 0 saturated carbocycles. The van der Waals surface area contributed by atoms with Crippen molar-refractivity contribution in [2.24, 2.45) is 0 Å². The molecule has 0 saturated heterocycles. The molecule has 0 spiro atoms. The van der Waals surface area contributed by atoms with Gasteiger partial charge in [0.25, 0.3) is 5.69 Å². The van der Waals surface area contributed by atoms with Crippen LogP contribution in [0.4, 0.5) is 11.4 Å². The smallest absolute Gasteiger partial charge is 0.274 e. The highest BCUT2D eigenvalue weighted by molar-refractivity contribution is 9.10. The molecule has 1 aromatic carbocycles. The summed E-state index contributed by atoms with van der Waals surface area (Å²) in [5, 5.41) is 14.6. The van der Waals surface area contributed by atoms with E-state index in [9.17, 15) is 10.1 Å². The predicted octanol–water partition coefficient (Wildman–Crippen LogP) is 4.98. The van der Waals surface area contributed by atoms with Crippen molar-refractivity contribution in [3.05, 3.63) is 60.3 Å². The van der Waals surface area contributed by atoms with Crippen molar-refractivity contribution in [1.29, 1.82) is 0 Å². The quantitative estimate of drug-likeness (QED) is 0.454. The second-order valence-electron chi connectivity index (χ2n) is 4.31. The third-order valence-electron chi connectivity index (χ3n) is 2.84. The number of nitro benzene ring substituents is 1. The Bertz CT molecular complexity index is 687. The van der Waals surface area contributed by atoms with Crippen molar-refractivity contribution < 1.29 is 4.92 Å². The van der Waals surface area contributed by atoms with Gasteiger partial charge in [-0.15, -0.1) is 0 Å². The van der Waals surface area contributed by atoms with Gasteiger partial charge in [0.1, 0.15) is 5.15 Å². The lowest BCUT2D eigenvalue weighted by atomic mass is 10.1. The predicted molar refractivity (Wildman–Crippen MR) is 87.1 cm³/mol. The molecule has 0 bridgehead atoms. The Balaban J connectivity index is 2.28. The molecular weight excluding hydrogens is 381 g/mol. The molecule has 2 aromatic rings. The molecule has 0 aliphatic heterocycles. The lowest BCUT2D eigenvalue weighted by molar-refractivity contribution is -0.385. The number of halogens is 3. The van der Waals surface area contributed by atoms with Crippen LogP contribution in [0.25, 0.3) is 0 Å². The second-order valence-corrected chi connectivity index (χ2v) is 5.97. The van der Waals surface area contributed by atoms with Crippen molar-refractivity contribution in [2.75, 3.05) is 5.32 Å². The first kappa shape index (κ1) is 16.0. The van der Waals surface area contributed by atoms with Gasteiger partial charge in [-0.1, -0.05) is 39.1 Å². The first-order valence-corrected chi connectivity index (χ1v) is 7.42. The normalized spacial score (nSPS) is 10.5. The Morgan fingerprint density at radius 1 is 1.38 bits per heavy atom. The highest BCUT2D eigenvalue weighted by Crippen LogP contribution is 2.29. The largest absolute Gasteiger partial charge is 0.378 e. The van der Waals surface area contributed by atoms with E-state index in [4.69, 9.17) is 23.2 Å². The molecule has 21 heavy (non-hydrogen) atoms. The molecule has 8 heteroatoms. The van der Waals surface area contributed by atoms with E-state index in [0.717, 1.165) is 10.0 Å². The topological polar surface area (TPSA) is 68.1 Å². The highest BCUT2D eigenvalue weighted by atomic mass is 79.9. The summed E-state index contributed by atoms with van der Waals surface area (Å²) >= 11 is 15.1. The van der Waals surface area contributed by atoms with Gasteiger partial charge in [0, 0.05) is 22.6 Å². The maximum atomic E-state index is 11.0. The van der Waals surface area contributed by atoms with E-state index in [1.54, 1.807) is 18.2 Å². The standard InChI is InChI=1S/C13H10BrCl2N3O2/c1-7-4-11(15)18-13(16)12(7)17-6-8-5-9(14)2-3-10(8)19(20)21/h2-5,17H,6H2,1H3. The molecule has 0 radical (unpaired) electrons. The summed E-state index contributed by atoms with van der Waals surface area (Å²) < 4.78 is 0.766. The van der Waals surface area contributed by atoms with Crippen LogP contribution in [-0.4, -0.2) is 9.91 Å². The van der Waals surface area contributed by atoms with Crippen LogP contribution >= 0.6 is 39.1 Å². The molecule has 1 N–H and O–H groups in total. The van der Waals surface area contributed by atoms with Crippen LogP contribution < -0.4 is 5.32 Å². The molecule has 0 unspecified atom stereocenters. The lowest BCUT2D eigenvalue weighted by Crippen LogP contribution is -2.05. The van der Waals surface area contributed by atoms with Crippen LogP contribution in [0.2, 0.25) is 10.3 Å². The van der Waals surface area contributed by atoms with Crippen molar-refractivity contribution >= 4 is 50.5 Å². The van der Waals surface area contributed by atoms with Crippen LogP contribution in [0.5, 0.6) is 0 Å². The molecule has 0 fully saturated rings. The molecule has 2 rings (SSSR count). The van der Waals surface area contributed by atoms with Gasteiger partial charge in [-0.3, -0.25) is 10.1 Å². The number of hydrogen-bond donors (Lipinski definition) is 1. The third-order valence-corrected chi connectivity index (χ3v) is 3.80. The van der Waals surface area contributed by atoms with E-state index in [1.807, 2.05) is 6.92 Å². The van der Waals surface area contributed by atoms with Gasteiger partial charge < -0.3 is 5.32 Å². The number of nitrogens with one attached hydrogen (secondary N) is 1. The van der Waals surface area contributed by atoms with E-state index < -0.39 is 4.92 Å². The number of pyridine rings is 1. The zero-order chi connectivity index (χ0) is 15.6. The molecule has 110 valence electrons. The van der Waals surface area contributed by atoms with Gasteiger partial charge in [0.2, 0.25) is 0 Å². The van der Waals surface area contributed by atoms with Crippen LogP contribution in [0, 0.1) is 17.0 Å². The van der Waals surface area contributed by atoms with E-state index in [2.05, 4.69) is 26.2 Å². The monoisotopic (exact) mass is 389 g/mol. The summed E-state index contributed by atoms with van der Waals surface area (Å²) in [6.07, 6.45) is 0. The van der Waals surface area contributed by atoms with E-state index in [0.29, 0.717) is 16.4 Å². The van der Waals surface area contributed by atoms with Gasteiger partial charge in [0.05, 0.1) is 10.6 Å². The first-order chi connectivity index (χ1) is 9.88. The summed E-state index contributed by atoms with van der Waals surface area (Å²) in [5.41, 5.74) is 2.01. The van der Waals surface area contributed by atoms with Crippen molar-refractivity contribution in [3.63, 3.8) is 0 Å². The maximum Gasteiger partial charge on any atom is 0.274 e.